The van der Waals surface area contributed by atoms with E-state index in [2.05, 4.69) is 40.7 Å². The van der Waals surface area contributed by atoms with Crippen LogP contribution < -0.4 is 0 Å². The van der Waals surface area contributed by atoms with Crippen LogP contribution in [0.1, 0.15) is 112 Å². The fourth-order valence-corrected chi connectivity index (χ4v) is 8.83. The van der Waals surface area contributed by atoms with E-state index in [1.165, 1.54) is 51.4 Å². The van der Waals surface area contributed by atoms with E-state index in [-0.39, 0.29) is 6.10 Å². The van der Waals surface area contributed by atoms with Gasteiger partial charge in [-0.2, -0.15) is 0 Å². The van der Waals surface area contributed by atoms with Gasteiger partial charge in [0, 0.05) is 0 Å². The van der Waals surface area contributed by atoms with E-state index < -0.39 is 5.60 Å². The van der Waals surface area contributed by atoms with Crippen LogP contribution in [0.3, 0.4) is 0 Å². The van der Waals surface area contributed by atoms with Gasteiger partial charge in [-0.1, -0.05) is 59.1 Å². The minimum atomic E-state index is -0.421. The van der Waals surface area contributed by atoms with Gasteiger partial charge in [-0.05, 0) is 111 Å². The lowest BCUT2D eigenvalue weighted by molar-refractivity contribution is -0.0461. The Kier molecular flexibility index (Phi) is 7.01. The summed E-state index contributed by atoms with van der Waals surface area (Å²) in [5.41, 5.74) is 1.73. The molecule has 3 fully saturated rings. The molecule has 4 rings (SSSR count). The van der Waals surface area contributed by atoms with E-state index in [1.807, 2.05) is 0 Å². The Bertz CT molecular complexity index is 653. The second-order valence-corrected chi connectivity index (χ2v) is 12.8. The highest BCUT2D eigenvalue weighted by atomic mass is 16.3. The number of hydrogen-bond acceptors (Lipinski definition) is 2. The summed E-state index contributed by atoms with van der Waals surface area (Å²) in [7, 11) is 0. The van der Waals surface area contributed by atoms with Gasteiger partial charge >= 0.3 is 0 Å². The minimum absolute atomic E-state index is 0.126. The van der Waals surface area contributed by atoms with Gasteiger partial charge in [0.05, 0.1) is 11.7 Å². The van der Waals surface area contributed by atoms with Gasteiger partial charge in [0.15, 0.2) is 0 Å². The normalized spacial score (nSPS) is 44.3. The summed E-state index contributed by atoms with van der Waals surface area (Å²) in [6.07, 6.45) is 17.0. The summed E-state index contributed by atoms with van der Waals surface area (Å²) in [6.45, 7) is 11.6. The van der Waals surface area contributed by atoms with Crippen LogP contribution in [0, 0.1) is 46.8 Å². The van der Waals surface area contributed by atoms with E-state index in [1.54, 1.807) is 5.57 Å². The fraction of sp³-hybridized carbons (Fsp3) is 0.931. The molecule has 0 radical (unpaired) electrons. The van der Waals surface area contributed by atoms with Crippen LogP contribution in [0.15, 0.2) is 11.6 Å². The van der Waals surface area contributed by atoms with Crippen molar-refractivity contribution in [2.75, 3.05) is 0 Å². The summed E-state index contributed by atoms with van der Waals surface area (Å²) in [5.74, 6) is 5.49. The lowest BCUT2D eigenvalue weighted by atomic mass is 9.50. The maximum atomic E-state index is 10.9. The van der Waals surface area contributed by atoms with Crippen molar-refractivity contribution in [3.63, 3.8) is 0 Å². The molecule has 0 bridgehead atoms. The second kappa shape index (κ2) is 9.13. The smallest absolute Gasteiger partial charge is 0.0682 e. The van der Waals surface area contributed by atoms with E-state index >= 15 is 0 Å². The Hall–Kier alpha value is -0.340. The molecule has 0 aromatic rings. The number of allylic oxidation sites excluding steroid dienone is 1. The first-order chi connectivity index (χ1) is 14.7. The van der Waals surface area contributed by atoms with Crippen LogP contribution in [-0.2, 0) is 0 Å². The third kappa shape index (κ3) is 4.42. The van der Waals surface area contributed by atoms with Crippen molar-refractivity contribution in [3.05, 3.63) is 11.6 Å². The first kappa shape index (κ1) is 23.8. The molecule has 2 nitrogen and oxygen atoms in total. The molecule has 0 heterocycles. The summed E-state index contributed by atoms with van der Waals surface area (Å²) >= 11 is 0. The lowest BCUT2D eigenvalue weighted by Crippen LogP contribution is -2.48. The number of hydrogen-bond donors (Lipinski definition) is 2. The van der Waals surface area contributed by atoms with E-state index in [0.717, 1.165) is 61.2 Å². The number of aliphatic hydroxyl groups excluding tert-OH is 1. The molecule has 0 aliphatic heterocycles. The molecular formula is C29H50O2. The highest BCUT2D eigenvalue weighted by Crippen LogP contribution is 2.65. The average Bonchev–Trinajstić information content (AvgIpc) is 3.10. The van der Waals surface area contributed by atoms with Gasteiger partial charge < -0.3 is 10.2 Å². The summed E-state index contributed by atoms with van der Waals surface area (Å²) in [4.78, 5) is 0. The van der Waals surface area contributed by atoms with Crippen molar-refractivity contribution in [1.29, 1.82) is 0 Å². The van der Waals surface area contributed by atoms with Crippen LogP contribution >= 0.6 is 0 Å². The molecule has 31 heavy (non-hydrogen) atoms. The molecule has 2 heteroatoms. The summed E-state index contributed by atoms with van der Waals surface area (Å²) in [6, 6.07) is 0. The van der Waals surface area contributed by atoms with Crippen LogP contribution in [0.5, 0.6) is 0 Å². The number of rotatable bonds is 7. The zero-order chi connectivity index (χ0) is 22.4. The average molecular weight is 431 g/mol. The Balaban J connectivity index is 1.41. The third-order valence-corrected chi connectivity index (χ3v) is 10.9. The monoisotopic (exact) mass is 430 g/mol. The molecule has 0 amide bonds. The molecule has 9 atom stereocenters. The highest BCUT2D eigenvalue weighted by molar-refractivity contribution is 5.22. The molecule has 0 spiro atoms. The first-order valence-electron chi connectivity index (χ1n) is 13.8. The highest BCUT2D eigenvalue weighted by Gasteiger charge is 2.57. The maximum absolute atomic E-state index is 10.9. The zero-order valence-electron chi connectivity index (χ0n) is 21.1. The predicted molar refractivity (Wildman–Crippen MR) is 130 cm³/mol. The van der Waals surface area contributed by atoms with Crippen LogP contribution in [0.2, 0.25) is 0 Å². The van der Waals surface area contributed by atoms with Crippen molar-refractivity contribution in [1.82, 2.24) is 0 Å². The Morgan fingerprint density at radius 3 is 2.52 bits per heavy atom. The van der Waals surface area contributed by atoms with Gasteiger partial charge in [-0.25, -0.2) is 0 Å². The molecule has 0 aromatic heterocycles. The van der Waals surface area contributed by atoms with Gasteiger partial charge in [-0.3, -0.25) is 0 Å². The Morgan fingerprint density at radius 1 is 1.03 bits per heavy atom. The molecular weight excluding hydrogens is 380 g/mol. The topological polar surface area (TPSA) is 40.5 Å². The molecule has 3 saturated carbocycles. The third-order valence-electron chi connectivity index (χ3n) is 10.9. The zero-order valence-corrected chi connectivity index (χ0v) is 21.1. The van der Waals surface area contributed by atoms with Crippen LogP contribution in [0.4, 0.5) is 0 Å². The molecule has 0 unspecified atom stereocenters. The SMILES string of the molecule is CC[C@]1(O)CC[C@H]2C(=CC[C@@H]3[C@@H]2CC[C@]2(C)[C@@H]([C@H](C)CCC[C@@H](O)C(C)C)CC[C@@H]32)C1. The van der Waals surface area contributed by atoms with E-state index in [4.69, 9.17) is 0 Å². The summed E-state index contributed by atoms with van der Waals surface area (Å²) in [5, 5.41) is 21.1. The van der Waals surface area contributed by atoms with Crippen molar-refractivity contribution < 1.29 is 10.2 Å². The number of aliphatic hydroxyl groups is 2. The summed E-state index contributed by atoms with van der Waals surface area (Å²) < 4.78 is 0. The molecule has 4 aliphatic carbocycles. The molecule has 178 valence electrons. The van der Waals surface area contributed by atoms with Gasteiger partial charge in [-0.15, -0.1) is 0 Å². The lowest BCUT2D eigenvalue weighted by Gasteiger charge is -2.55. The first-order valence-corrected chi connectivity index (χ1v) is 13.8. The molecule has 0 saturated heterocycles. The van der Waals surface area contributed by atoms with Gasteiger partial charge in [0.25, 0.3) is 0 Å². The van der Waals surface area contributed by atoms with E-state index in [9.17, 15) is 10.2 Å². The fourth-order valence-electron chi connectivity index (χ4n) is 8.83. The van der Waals surface area contributed by atoms with Crippen molar-refractivity contribution >= 4 is 0 Å². The van der Waals surface area contributed by atoms with Crippen molar-refractivity contribution in [2.45, 2.75) is 123 Å². The second-order valence-electron chi connectivity index (χ2n) is 12.8. The quantitative estimate of drug-likeness (QED) is 0.421. The van der Waals surface area contributed by atoms with Gasteiger partial charge in [0.1, 0.15) is 0 Å². The minimum Gasteiger partial charge on any atom is -0.393 e. The van der Waals surface area contributed by atoms with Crippen molar-refractivity contribution in [3.8, 4) is 0 Å². The Morgan fingerprint density at radius 2 is 1.81 bits per heavy atom. The van der Waals surface area contributed by atoms with Crippen LogP contribution in [-0.4, -0.2) is 21.9 Å². The van der Waals surface area contributed by atoms with Crippen molar-refractivity contribution in [2.24, 2.45) is 46.8 Å². The molecule has 2 N–H and O–H groups in total. The predicted octanol–water partition coefficient (Wildman–Crippen LogP) is 7.14. The van der Waals surface area contributed by atoms with E-state index in [0.29, 0.717) is 11.3 Å². The Labute approximate surface area is 192 Å². The maximum Gasteiger partial charge on any atom is 0.0682 e. The molecule has 0 aromatic carbocycles. The van der Waals surface area contributed by atoms with Gasteiger partial charge in [0.2, 0.25) is 0 Å². The largest absolute Gasteiger partial charge is 0.393 e. The van der Waals surface area contributed by atoms with Crippen LogP contribution in [0.25, 0.3) is 0 Å². The standard InChI is InChI=1S/C29H50O2/c1-6-29(31)17-15-22-21(18-29)10-11-24-23(22)14-16-28(5)25(12-13-26(24)28)20(4)8-7-9-27(30)19(2)3/h10,19-20,22-27,30-31H,6-9,11-18H2,1-5H3/t20-,22+,23-,24-,25-,26+,27-,28-,29+/m1/s1. The molecule has 4 aliphatic rings. The number of fused-ring (bicyclic) bond motifs is 5.